The number of carboxylic acid groups (broad SMARTS) is 1. The van der Waals surface area contributed by atoms with Crippen molar-refractivity contribution in [2.75, 3.05) is 33.0 Å². The lowest BCUT2D eigenvalue weighted by Gasteiger charge is -2.21. The second kappa shape index (κ2) is 13.6. The quantitative estimate of drug-likeness (QED) is 0.287. The Morgan fingerprint density at radius 2 is 1.91 bits per heavy atom. The van der Waals surface area contributed by atoms with E-state index in [4.69, 9.17) is 0 Å². The first-order valence-electron chi connectivity index (χ1n) is 14.1. The van der Waals surface area contributed by atoms with Gasteiger partial charge in [-0.25, -0.2) is 18.6 Å². The number of anilines is 1. The highest BCUT2D eigenvalue weighted by Gasteiger charge is 2.25. The van der Waals surface area contributed by atoms with Gasteiger partial charge in [0.15, 0.2) is 11.6 Å². The van der Waals surface area contributed by atoms with Crippen molar-refractivity contribution in [2.45, 2.75) is 45.2 Å². The van der Waals surface area contributed by atoms with Crippen LogP contribution in [0.3, 0.4) is 0 Å². The predicted molar refractivity (Wildman–Crippen MR) is 157 cm³/mol. The Morgan fingerprint density at radius 3 is 2.58 bits per heavy atom. The van der Waals surface area contributed by atoms with Crippen LogP contribution in [-0.4, -0.2) is 74.6 Å². The number of nitrogens with one attached hydrogen (secondary N) is 1. The predicted octanol–water partition coefficient (Wildman–Crippen LogP) is 3.91. The number of hydrogen-bond acceptors (Lipinski definition) is 5. The number of aromatic nitrogens is 3. The lowest BCUT2D eigenvalue weighted by molar-refractivity contribution is -0.123. The van der Waals surface area contributed by atoms with Crippen LogP contribution in [-0.2, 0) is 22.7 Å². The Bertz CT molecular complexity index is 1590. The van der Waals surface area contributed by atoms with Gasteiger partial charge < -0.3 is 29.4 Å². The molecule has 1 aliphatic rings. The van der Waals surface area contributed by atoms with Gasteiger partial charge in [0.25, 0.3) is 5.56 Å². The van der Waals surface area contributed by atoms with E-state index in [-0.39, 0.29) is 36.6 Å². The van der Waals surface area contributed by atoms with E-state index < -0.39 is 35.1 Å². The molecule has 2 aromatic heterocycles. The second-order valence-electron chi connectivity index (χ2n) is 11.1. The molecule has 43 heavy (non-hydrogen) atoms. The number of carbonyl (C=O) groups is 3. The zero-order chi connectivity index (χ0) is 31.3. The topological polar surface area (TPSA) is 130 Å². The van der Waals surface area contributed by atoms with Gasteiger partial charge in [0, 0.05) is 52.6 Å². The summed E-state index contributed by atoms with van der Waals surface area (Å²) in [6, 6.07) is 5.20. The number of fused-ring (bicyclic) bond motifs is 1. The van der Waals surface area contributed by atoms with Crippen molar-refractivity contribution >= 4 is 34.6 Å². The van der Waals surface area contributed by atoms with Crippen LogP contribution in [0.5, 0.6) is 0 Å². The standard InChI is InChI=1S/C30H36F2N6O5/c1-35(2)27(39)9-5-4-7-20(17-36(3)30(42)43)28(40)34-23-8-6-13-37(29(23)41)18-26-33-24-15-21(31)22(32)16-25(24)38(26)14-12-19-10-11-19/h5-6,8-9,13,15-16,19-20H,4,7,10-12,14,17-18H2,1-3H3,(H,34,40)(H,42,43)/b9-5+/t20-/m0/s1. The average molecular weight is 599 g/mol. The van der Waals surface area contributed by atoms with Crippen LogP contribution < -0.4 is 10.9 Å². The Hall–Kier alpha value is -4.55. The minimum Gasteiger partial charge on any atom is -0.465 e. The van der Waals surface area contributed by atoms with Crippen LogP contribution >= 0.6 is 0 Å². The van der Waals surface area contributed by atoms with E-state index in [1.165, 1.54) is 34.9 Å². The van der Waals surface area contributed by atoms with Gasteiger partial charge in [0.1, 0.15) is 11.5 Å². The van der Waals surface area contributed by atoms with E-state index in [0.29, 0.717) is 30.2 Å². The highest BCUT2D eigenvalue weighted by atomic mass is 19.2. The molecule has 0 unspecified atom stereocenters. The van der Waals surface area contributed by atoms with Crippen LogP contribution in [0.2, 0.25) is 0 Å². The largest absolute Gasteiger partial charge is 0.465 e. The number of halogens is 2. The molecule has 0 aliphatic heterocycles. The first-order valence-corrected chi connectivity index (χ1v) is 14.1. The molecule has 11 nitrogen and oxygen atoms in total. The van der Waals surface area contributed by atoms with Crippen molar-refractivity contribution < 1.29 is 28.3 Å². The molecule has 1 fully saturated rings. The number of aryl methyl sites for hydroxylation is 1. The van der Waals surface area contributed by atoms with Crippen molar-refractivity contribution in [1.82, 2.24) is 23.9 Å². The van der Waals surface area contributed by atoms with Crippen LogP contribution in [0.15, 0.2) is 47.4 Å². The molecule has 1 atom stereocenters. The van der Waals surface area contributed by atoms with Gasteiger partial charge in [-0.2, -0.15) is 0 Å². The summed E-state index contributed by atoms with van der Waals surface area (Å²) in [4.78, 5) is 56.8. The molecule has 3 aromatic rings. The van der Waals surface area contributed by atoms with E-state index in [2.05, 4.69) is 10.3 Å². The molecule has 3 amide bonds. The van der Waals surface area contributed by atoms with Crippen molar-refractivity contribution in [3.8, 4) is 0 Å². The Balaban J connectivity index is 1.54. The van der Waals surface area contributed by atoms with E-state index in [0.717, 1.165) is 36.3 Å². The fraction of sp³-hybridized carbons (Fsp3) is 0.433. The van der Waals surface area contributed by atoms with Gasteiger partial charge in [0.05, 0.1) is 23.5 Å². The number of nitrogens with zero attached hydrogens (tertiary/aromatic N) is 5. The number of rotatable bonds is 13. The molecule has 0 radical (unpaired) electrons. The zero-order valence-corrected chi connectivity index (χ0v) is 24.4. The van der Waals surface area contributed by atoms with Crippen molar-refractivity contribution in [3.63, 3.8) is 0 Å². The summed E-state index contributed by atoms with van der Waals surface area (Å²) in [5.74, 6) is -2.51. The highest BCUT2D eigenvalue weighted by molar-refractivity contribution is 5.92. The van der Waals surface area contributed by atoms with Crippen molar-refractivity contribution in [3.05, 3.63) is 70.4 Å². The third-order valence-corrected chi connectivity index (χ3v) is 7.49. The highest BCUT2D eigenvalue weighted by Crippen LogP contribution is 2.33. The van der Waals surface area contributed by atoms with Crippen LogP contribution in [0.25, 0.3) is 11.0 Å². The maximum Gasteiger partial charge on any atom is 0.407 e. The van der Waals surface area contributed by atoms with E-state index >= 15 is 0 Å². The lowest BCUT2D eigenvalue weighted by Crippen LogP contribution is -2.37. The number of amides is 3. The number of imidazole rings is 1. The van der Waals surface area contributed by atoms with Gasteiger partial charge in [-0.1, -0.05) is 18.9 Å². The van der Waals surface area contributed by atoms with E-state index in [1.807, 2.05) is 0 Å². The van der Waals surface area contributed by atoms with Crippen molar-refractivity contribution in [2.24, 2.45) is 11.8 Å². The number of pyridine rings is 1. The monoisotopic (exact) mass is 598 g/mol. The van der Waals surface area contributed by atoms with Gasteiger partial charge in [0.2, 0.25) is 11.8 Å². The minimum atomic E-state index is -1.21. The van der Waals surface area contributed by atoms with Crippen molar-refractivity contribution in [1.29, 1.82) is 0 Å². The van der Waals surface area contributed by atoms with Crippen LogP contribution in [0.4, 0.5) is 19.3 Å². The molecule has 1 saturated carbocycles. The minimum absolute atomic E-state index is 0.000999. The van der Waals surface area contributed by atoms with Crippen LogP contribution in [0.1, 0.15) is 37.9 Å². The fourth-order valence-corrected chi connectivity index (χ4v) is 4.75. The summed E-state index contributed by atoms with van der Waals surface area (Å²) in [7, 11) is 4.57. The number of likely N-dealkylation sites (N-methyl/N-ethyl adjacent to an activating group) is 1. The Labute approximate surface area is 247 Å². The molecule has 2 heterocycles. The molecular weight excluding hydrogens is 562 g/mol. The van der Waals surface area contributed by atoms with Gasteiger partial charge in [-0.15, -0.1) is 0 Å². The molecule has 4 rings (SSSR count). The van der Waals surface area contributed by atoms with E-state index in [1.54, 1.807) is 30.8 Å². The molecule has 2 N–H and O–H groups in total. The number of hydrogen-bond donors (Lipinski definition) is 2. The molecule has 0 spiro atoms. The number of carbonyl (C=O) groups excluding carboxylic acids is 2. The zero-order valence-electron chi connectivity index (χ0n) is 24.4. The number of benzene rings is 1. The fourth-order valence-electron chi connectivity index (χ4n) is 4.75. The third kappa shape index (κ3) is 8.05. The maximum atomic E-state index is 14.1. The smallest absolute Gasteiger partial charge is 0.407 e. The Morgan fingerprint density at radius 1 is 1.19 bits per heavy atom. The molecular formula is C30H36F2N6O5. The third-order valence-electron chi connectivity index (χ3n) is 7.49. The molecule has 13 heteroatoms. The molecule has 0 saturated heterocycles. The first-order chi connectivity index (χ1) is 20.4. The normalized spacial score (nSPS) is 13.8. The lowest BCUT2D eigenvalue weighted by atomic mass is 10.0. The maximum absolute atomic E-state index is 14.1. The average Bonchev–Trinajstić information content (AvgIpc) is 3.73. The van der Waals surface area contributed by atoms with Gasteiger partial charge in [-0.3, -0.25) is 14.4 Å². The van der Waals surface area contributed by atoms with Crippen LogP contribution in [0, 0.1) is 23.5 Å². The molecule has 1 aromatic carbocycles. The van der Waals surface area contributed by atoms with Gasteiger partial charge >= 0.3 is 6.09 Å². The summed E-state index contributed by atoms with van der Waals surface area (Å²) >= 11 is 0. The summed E-state index contributed by atoms with van der Waals surface area (Å²) in [6.45, 7) is 0.427. The molecule has 1 aliphatic carbocycles. The summed E-state index contributed by atoms with van der Waals surface area (Å²) in [6.07, 6.45) is 7.00. The van der Waals surface area contributed by atoms with Gasteiger partial charge in [-0.05, 0) is 43.4 Å². The molecule has 0 bridgehead atoms. The van der Waals surface area contributed by atoms with E-state index in [9.17, 15) is 33.1 Å². The summed E-state index contributed by atoms with van der Waals surface area (Å²) in [5.41, 5.74) is 0.204. The summed E-state index contributed by atoms with van der Waals surface area (Å²) < 4.78 is 31.2. The first kappa shape index (κ1) is 31.4. The Kier molecular flexibility index (Phi) is 9.94. The molecule has 230 valence electrons. The summed E-state index contributed by atoms with van der Waals surface area (Å²) in [5, 5.41) is 12.0. The number of allylic oxidation sites excluding steroid dienone is 1. The SMILES string of the molecule is CN(C)C(=O)/C=C/CC[C@@H](CN(C)C(=O)O)C(=O)Nc1cccn(Cc2nc3cc(F)c(F)cc3n2CCC2CC2)c1=O. The second-order valence-corrected chi connectivity index (χ2v) is 11.1.